The van der Waals surface area contributed by atoms with E-state index >= 15 is 0 Å². The zero-order valence-electron chi connectivity index (χ0n) is 12.6. The Morgan fingerprint density at radius 3 is 1.83 bits per heavy atom. The SMILES string of the molecule is O=S(O)c1ccc2c(c1)OC(c1ccccc1)(c1ccccc1)O2. The number of rotatable bonds is 3. The Kier molecular flexibility index (Phi) is 3.59. The predicted molar refractivity (Wildman–Crippen MR) is 90.4 cm³/mol. The first-order chi connectivity index (χ1) is 11.7. The summed E-state index contributed by atoms with van der Waals surface area (Å²) in [6.45, 7) is 0. The van der Waals surface area contributed by atoms with Crippen LogP contribution in [0.1, 0.15) is 11.1 Å². The molecule has 0 saturated heterocycles. The van der Waals surface area contributed by atoms with E-state index < -0.39 is 16.9 Å². The highest BCUT2D eigenvalue weighted by atomic mass is 32.2. The van der Waals surface area contributed by atoms with E-state index in [4.69, 9.17) is 9.47 Å². The number of hydrogen-bond acceptors (Lipinski definition) is 3. The number of hydrogen-bond donors (Lipinski definition) is 1. The molecule has 4 nitrogen and oxygen atoms in total. The van der Waals surface area contributed by atoms with Gasteiger partial charge >= 0.3 is 5.79 Å². The lowest BCUT2D eigenvalue weighted by Gasteiger charge is -2.28. The minimum Gasteiger partial charge on any atom is -0.440 e. The van der Waals surface area contributed by atoms with Crippen molar-refractivity contribution >= 4 is 11.1 Å². The molecule has 0 saturated carbocycles. The Hall–Kier alpha value is -2.63. The summed E-state index contributed by atoms with van der Waals surface area (Å²) in [6, 6.07) is 24.0. The standard InChI is InChI=1S/C19H14O4S/c20-24(21)16-11-12-17-18(13-16)23-19(22-17,14-7-3-1-4-8-14)15-9-5-2-6-10-15/h1-13H,(H,20,21). The Bertz CT molecular complexity index is 854. The van der Waals surface area contributed by atoms with Crippen LogP contribution in [0.5, 0.6) is 11.5 Å². The summed E-state index contributed by atoms with van der Waals surface area (Å²) in [6.07, 6.45) is 0. The quantitative estimate of drug-likeness (QED) is 0.735. The molecular weight excluding hydrogens is 324 g/mol. The third-order valence-electron chi connectivity index (χ3n) is 3.93. The fourth-order valence-corrected chi connectivity index (χ4v) is 3.20. The molecule has 5 heteroatoms. The van der Waals surface area contributed by atoms with Crippen molar-refractivity contribution in [1.82, 2.24) is 0 Å². The fourth-order valence-electron chi connectivity index (χ4n) is 2.81. The van der Waals surface area contributed by atoms with Crippen LogP contribution >= 0.6 is 0 Å². The van der Waals surface area contributed by atoms with E-state index in [-0.39, 0.29) is 4.90 Å². The minimum atomic E-state index is -2.07. The molecule has 0 aromatic heterocycles. The molecule has 1 atom stereocenters. The van der Waals surface area contributed by atoms with E-state index in [0.717, 1.165) is 11.1 Å². The van der Waals surface area contributed by atoms with Crippen molar-refractivity contribution < 1.29 is 18.2 Å². The summed E-state index contributed by atoms with van der Waals surface area (Å²) < 4.78 is 33.0. The van der Waals surface area contributed by atoms with Crippen molar-refractivity contribution in [3.8, 4) is 11.5 Å². The van der Waals surface area contributed by atoms with Gasteiger partial charge in [0, 0.05) is 17.2 Å². The van der Waals surface area contributed by atoms with E-state index in [1.807, 2.05) is 60.7 Å². The lowest BCUT2D eigenvalue weighted by molar-refractivity contribution is -0.0459. The van der Waals surface area contributed by atoms with Gasteiger partial charge in [0.05, 0.1) is 4.90 Å². The maximum atomic E-state index is 11.3. The zero-order chi connectivity index (χ0) is 16.6. The molecule has 1 N–H and O–H groups in total. The maximum Gasteiger partial charge on any atom is 0.305 e. The van der Waals surface area contributed by atoms with Gasteiger partial charge in [0.2, 0.25) is 0 Å². The summed E-state index contributed by atoms with van der Waals surface area (Å²) in [5, 5.41) is 0. The van der Waals surface area contributed by atoms with E-state index in [0.29, 0.717) is 11.5 Å². The molecule has 1 heterocycles. The van der Waals surface area contributed by atoms with Crippen LogP contribution in [0.2, 0.25) is 0 Å². The van der Waals surface area contributed by atoms with Gasteiger partial charge in [-0.3, -0.25) is 0 Å². The lowest BCUT2D eigenvalue weighted by atomic mass is 9.97. The first-order valence-corrected chi connectivity index (χ1v) is 8.54. The van der Waals surface area contributed by atoms with Gasteiger partial charge in [-0.15, -0.1) is 0 Å². The van der Waals surface area contributed by atoms with Gasteiger partial charge < -0.3 is 14.0 Å². The van der Waals surface area contributed by atoms with Crippen molar-refractivity contribution in [2.75, 3.05) is 0 Å². The topological polar surface area (TPSA) is 55.8 Å². The third kappa shape index (κ3) is 2.38. The average Bonchev–Trinajstić information content (AvgIpc) is 3.03. The highest BCUT2D eigenvalue weighted by Crippen LogP contribution is 2.48. The van der Waals surface area contributed by atoms with E-state index in [1.165, 1.54) is 0 Å². The zero-order valence-corrected chi connectivity index (χ0v) is 13.4. The Balaban J connectivity index is 1.87. The second-order valence-corrected chi connectivity index (χ2v) is 6.38. The van der Waals surface area contributed by atoms with Crippen LogP contribution in [-0.2, 0) is 16.9 Å². The van der Waals surface area contributed by atoms with Crippen molar-refractivity contribution in [2.45, 2.75) is 10.7 Å². The molecule has 0 spiro atoms. The summed E-state index contributed by atoms with van der Waals surface area (Å²) in [7, 11) is 0. The monoisotopic (exact) mass is 338 g/mol. The molecule has 0 aliphatic carbocycles. The Morgan fingerprint density at radius 2 is 1.29 bits per heavy atom. The van der Waals surface area contributed by atoms with Gasteiger partial charge in [-0.25, -0.2) is 4.21 Å². The van der Waals surface area contributed by atoms with Gasteiger partial charge in [-0.2, -0.15) is 0 Å². The maximum absolute atomic E-state index is 11.3. The van der Waals surface area contributed by atoms with Gasteiger partial charge in [0.15, 0.2) is 22.6 Å². The molecular formula is C19H14O4S. The lowest BCUT2D eigenvalue weighted by Crippen LogP contribution is -2.36. The molecule has 3 aromatic rings. The van der Waals surface area contributed by atoms with Gasteiger partial charge in [0.25, 0.3) is 0 Å². The van der Waals surface area contributed by atoms with Crippen LogP contribution in [0.15, 0.2) is 83.8 Å². The number of benzene rings is 3. The third-order valence-corrected chi connectivity index (χ3v) is 4.59. The van der Waals surface area contributed by atoms with E-state index in [2.05, 4.69) is 0 Å². The smallest absolute Gasteiger partial charge is 0.305 e. The molecule has 1 aliphatic rings. The van der Waals surface area contributed by atoms with Gasteiger partial charge in [-0.1, -0.05) is 60.7 Å². The normalized spacial score (nSPS) is 15.9. The van der Waals surface area contributed by atoms with E-state index in [1.54, 1.807) is 18.2 Å². The van der Waals surface area contributed by atoms with Crippen molar-refractivity contribution in [3.05, 3.63) is 90.0 Å². The fraction of sp³-hybridized carbons (Fsp3) is 0.0526. The molecule has 0 bridgehead atoms. The highest BCUT2D eigenvalue weighted by Gasteiger charge is 2.45. The molecule has 24 heavy (non-hydrogen) atoms. The highest BCUT2D eigenvalue weighted by molar-refractivity contribution is 7.79. The molecule has 0 amide bonds. The van der Waals surface area contributed by atoms with Crippen molar-refractivity contribution in [2.24, 2.45) is 0 Å². The molecule has 3 aromatic carbocycles. The second-order valence-electron chi connectivity index (χ2n) is 5.41. The Labute approximate surface area is 142 Å². The van der Waals surface area contributed by atoms with Crippen LogP contribution in [-0.4, -0.2) is 8.76 Å². The molecule has 1 unspecified atom stereocenters. The predicted octanol–water partition coefficient (Wildman–Crippen LogP) is 3.94. The number of ether oxygens (including phenoxy) is 2. The average molecular weight is 338 g/mol. The van der Waals surface area contributed by atoms with Gasteiger partial charge in [0.1, 0.15) is 0 Å². The van der Waals surface area contributed by atoms with Crippen LogP contribution in [0.3, 0.4) is 0 Å². The van der Waals surface area contributed by atoms with Crippen LogP contribution in [0.4, 0.5) is 0 Å². The van der Waals surface area contributed by atoms with E-state index in [9.17, 15) is 8.76 Å². The number of fused-ring (bicyclic) bond motifs is 1. The molecule has 0 fully saturated rings. The molecule has 1 aliphatic heterocycles. The second kappa shape index (κ2) is 5.78. The first-order valence-electron chi connectivity index (χ1n) is 7.43. The summed E-state index contributed by atoms with van der Waals surface area (Å²) in [5.74, 6) is -0.125. The van der Waals surface area contributed by atoms with Crippen molar-refractivity contribution in [1.29, 1.82) is 0 Å². The van der Waals surface area contributed by atoms with Crippen molar-refractivity contribution in [3.63, 3.8) is 0 Å². The van der Waals surface area contributed by atoms with Crippen LogP contribution < -0.4 is 9.47 Å². The summed E-state index contributed by atoms with van der Waals surface area (Å²) >= 11 is -2.07. The minimum absolute atomic E-state index is 0.272. The van der Waals surface area contributed by atoms with Crippen LogP contribution in [0.25, 0.3) is 0 Å². The molecule has 120 valence electrons. The molecule has 0 radical (unpaired) electrons. The largest absolute Gasteiger partial charge is 0.440 e. The summed E-state index contributed by atoms with van der Waals surface area (Å²) in [5.41, 5.74) is 1.69. The Morgan fingerprint density at radius 1 is 0.750 bits per heavy atom. The molecule has 4 rings (SSSR count). The summed E-state index contributed by atoms with van der Waals surface area (Å²) in [4.78, 5) is 0.272. The first kappa shape index (κ1) is 14.9. The van der Waals surface area contributed by atoms with Crippen LogP contribution in [0, 0.1) is 0 Å². The van der Waals surface area contributed by atoms with Gasteiger partial charge in [-0.05, 0) is 12.1 Å².